The van der Waals surface area contributed by atoms with Gasteiger partial charge in [0, 0.05) is 80.8 Å². The lowest BCUT2D eigenvalue weighted by Crippen LogP contribution is -2.41. The molecule has 0 aliphatic carbocycles. The molecule has 1 saturated heterocycles. The maximum absolute atomic E-state index is 13.9. The molecule has 4 aromatic rings. The van der Waals surface area contributed by atoms with Crippen LogP contribution in [0.4, 0.5) is 29.3 Å². The van der Waals surface area contributed by atoms with Crippen LogP contribution in [0.25, 0.3) is 11.3 Å². The maximum atomic E-state index is 13.9. The molecular weight excluding hydrogens is 842 g/mol. The molecule has 0 unspecified atom stereocenters. The molecule has 0 spiro atoms. The van der Waals surface area contributed by atoms with Gasteiger partial charge in [-0.2, -0.15) is 13.2 Å². The van der Waals surface area contributed by atoms with E-state index in [1.165, 1.54) is 24.4 Å². The average molecular weight is 905 g/mol. The number of carbonyl (C=O) groups is 3. The van der Waals surface area contributed by atoms with Crippen molar-refractivity contribution in [1.82, 2.24) is 20.5 Å². The minimum absolute atomic E-state index is 0.106. The molecule has 16 heteroatoms. The number of alkyl carbamates (subject to hydrolysis) is 1. The van der Waals surface area contributed by atoms with Gasteiger partial charge in [-0.3, -0.25) is 19.5 Å². The summed E-state index contributed by atoms with van der Waals surface area (Å²) >= 11 is 0. The molecule has 3 amide bonds. The lowest BCUT2D eigenvalue weighted by atomic mass is 9.96. The first-order valence-electron chi connectivity index (χ1n) is 22.1. The van der Waals surface area contributed by atoms with E-state index in [-0.39, 0.29) is 31.2 Å². The largest absolute Gasteiger partial charge is 0.447 e. The van der Waals surface area contributed by atoms with E-state index in [1.807, 2.05) is 77.9 Å². The lowest BCUT2D eigenvalue weighted by Gasteiger charge is -2.30. The third kappa shape index (κ3) is 16.1. The van der Waals surface area contributed by atoms with Crippen molar-refractivity contribution in [2.75, 3.05) is 82.5 Å². The fourth-order valence-corrected chi connectivity index (χ4v) is 7.35. The number of hydrogen-bond donors (Lipinski definition) is 3. The van der Waals surface area contributed by atoms with Gasteiger partial charge in [-0.05, 0) is 114 Å². The van der Waals surface area contributed by atoms with Crippen molar-refractivity contribution in [1.29, 1.82) is 0 Å². The van der Waals surface area contributed by atoms with Gasteiger partial charge in [-0.25, -0.2) is 4.79 Å². The summed E-state index contributed by atoms with van der Waals surface area (Å²) in [6.07, 6.45) is -2.36. The highest BCUT2D eigenvalue weighted by molar-refractivity contribution is 6.06. The van der Waals surface area contributed by atoms with Crippen LogP contribution in [0.2, 0.25) is 0 Å². The Morgan fingerprint density at radius 3 is 2.23 bits per heavy atom. The molecule has 0 saturated carbocycles. The van der Waals surface area contributed by atoms with E-state index in [9.17, 15) is 27.6 Å². The third-order valence-corrected chi connectivity index (χ3v) is 11.0. The van der Waals surface area contributed by atoms with Crippen molar-refractivity contribution in [3.63, 3.8) is 0 Å². The highest BCUT2D eigenvalue weighted by Crippen LogP contribution is 2.33. The van der Waals surface area contributed by atoms with Gasteiger partial charge in [-0.15, -0.1) is 0 Å². The van der Waals surface area contributed by atoms with E-state index < -0.39 is 34.9 Å². The topological polar surface area (TPSA) is 144 Å². The molecule has 352 valence electrons. The summed E-state index contributed by atoms with van der Waals surface area (Å²) in [5.41, 5.74) is 2.40. The van der Waals surface area contributed by atoms with Crippen LogP contribution in [0.5, 0.6) is 0 Å². The minimum Gasteiger partial charge on any atom is -0.447 e. The van der Waals surface area contributed by atoms with Crippen molar-refractivity contribution in [2.24, 2.45) is 0 Å². The predicted molar refractivity (Wildman–Crippen MR) is 245 cm³/mol. The van der Waals surface area contributed by atoms with Gasteiger partial charge in [-0.1, -0.05) is 24.3 Å². The van der Waals surface area contributed by atoms with Crippen LogP contribution >= 0.6 is 0 Å². The van der Waals surface area contributed by atoms with Crippen LogP contribution in [0, 0.1) is 0 Å². The van der Waals surface area contributed by atoms with Crippen LogP contribution in [-0.2, 0) is 38.1 Å². The number of nitrogens with one attached hydrogen (secondary N) is 3. The zero-order valence-corrected chi connectivity index (χ0v) is 38.3. The Labute approximate surface area is 380 Å². The summed E-state index contributed by atoms with van der Waals surface area (Å²) in [5, 5.41) is 8.54. The number of pyridine rings is 1. The van der Waals surface area contributed by atoms with Crippen molar-refractivity contribution < 1.29 is 46.5 Å². The number of amides is 3. The molecular formula is C49H63F3N6O7. The number of aromatic nitrogens is 1. The highest BCUT2D eigenvalue weighted by atomic mass is 19.4. The standard InChI is InChI=1S/C49H63F3N6O7/c1-7-58(8-2)40-15-16-42(41(32-40)43-31-38(17-19-53-43)44(59)55-34-36-12-10-14-39(30-36)49(50,51)52)56-45(60)37-13-9-11-35(29-37)33-48(5,6)64-24-18-47(3,4)65-28-27-63-46(61)54-20-21-57-22-25-62-26-23-57/h9-17,19,29-32H,7-8,18,20-28,33-34H2,1-6H3,(H,54,61)(H,55,59)(H,56,60). The van der Waals surface area contributed by atoms with Gasteiger partial charge in [0.25, 0.3) is 11.8 Å². The van der Waals surface area contributed by atoms with Crippen LogP contribution in [-0.4, -0.2) is 111 Å². The second-order valence-electron chi connectivity index (χ2n) is 17.0. The molecule has 5 rings (SSSR count). The van der Waals surface area contributed by atoms with Crippen molar-refractivity contribution in [3.8, 4) is 11.3 Å². The Morgan fingerprint density at radius 2 is 1.49 bits per heavy atom. The SMILES string of the molecule is CCN(CC)c1ccc(NC(=O)c2cccc(CC(C)(C)OCCC(C)(C)OCCOC(=O)NCCN3CCOCC3)c2)c(-c2cc(C(=O)NCc3cccc(C(F)(F)F)c3)ccn2)c1. The van der Waals surface area contributed by atoms with Gasteiger partial charge < -0.3 is 39.8 Å². The number of rotatable bonds is 22. The molecule has 1 aliphatic heterocycles. The Balaban J connectivity index is 1.16. The molecule has 1 aliphatic rings. The Bertz CT molecular complexity index is 2190. The van der Waals surface area contributed by atoms with Crippen molar-refractivity contribution in [3.05, 3.63) is 113 Å². The highest BCUT2D eigenvalue weighted by Gasteiger charge is 2.30. The number of morpholine rings is 1. The zero-order chi connectivity index (χ0) is 47.0. The summed E-state index contributed by atoms with van der Waals surface area (Å²) in [7, 11) is 0. The minimum atomic E-state index is -4.50. The molecule has 0 radical (unpaired) electrons. The fourth-order valence-electron chi connectivity index (χ4n) is 7.35. The molecule has 3 aromatic carbocycles. The van der Waals surface area contributed by atoms with Gasteiger partial charge in [0.2, 0.25) is 0 Å². The maximum Gasteiger partial charge on any atom is 0.416 e. The number of alkyl halides is 3. The van der Waals surface area contributed by atoms with Crippen molar-refractivity contribution in [2.45, 2.75) is 78.3 Å². The number of benzene rings is 3. The smallest absolute Gasteiger partial charge is 0.416 e. The zero-order valence-electron chi connectivity index (χ0n) is 38.3. The van der Waals surface area contributed by atoms with Gasteiger partial charge in [0.05, 0.1) is 54.6 Å². The van der Waals surface area contributed by atoms with Gasteiger partial charge in [0.15, 0.2) is 0 Å². The summed E-state index contributed by atoms with van der Waals surface area (Å²) in [4.78, 5) is 48.2. The van der Waals surface area contributed by atoms with E-state index in [4.69, 9.17) is 18.9 Å². The number of anilines is 2. The molecule has 65 heavy (non-hydrogen) atoms. The Hall–Kier alpha value is -5.55. The van der Waals surface area contributed by atoms with Crippen LogP contribution in [0.3, 0.4) is 0 Å². The first-order chi connectivity index (χ1) is 30.9. The van der Waals surface area contributed by atoms with E-state index in [1.54, 1.807) is 12.1 Å². The normalized spacial score (nSPS) is 13.6. The second-order valence-corrected chi connectivity index (χ2v) is 17.0. The Morgan fingerprint density at radius 1 is 0.785 bits per heavy atom. The van der Waals surface area contributed by atoms with E-state index in [0.717, 1.165) is 56.1 Å². The number of nitrogens with zero attached hydrogens (tertiary/aromatic N) is 3. The molecule has 0 atom stereocenters. The summed E-state index contributed by atoms with van der Waals surface area (Å²) < 4.78 is 62.8. The molecule has 0 bridgehead atoms. The fraction of sp³-hybridized carbons (Fsp3) is 0.469. The predicted octanol–water partition coefficient (Wildman–Crippen LogP) is 8.38. The van der Waals surface area contributed by atoms with Crippen molar-refractivity contribution >= 4 is 29.3 Å². The van der Waals surface area contributed by atoms with Gasteiger partial charge in [0.1, 0.15) is 6.61 Å². The first-order valence-corrected chi connectivity index (χ1v) is 22.1. The molecule has 2 heterocycles. The van der Waals surface area contributed by atoms with Gasteiger partial charge >= 0.3 is 12.3 Å². The first kappa shape index (κ1) is 50.4. The number of halogens is 3. The van der Waals surface area contributed by atoms with E-state index >= 15 is 0 Å². The second kappa shape index (κ2) is 23.6. The molecule has 1 fully saturated rings. The molecule has 1 aromatic heterocycles. The summed E-state index contributed by atoms with van der Waals surface area (Å²) in [6.45, 7) is 18.5. The monoisotopic (exact) mass is 904 g/mol. The number of ether oxygens (including phenoxy) is 4. The Kier molecular flexibility index (Phi) is 18.3. The van der Waals surface area contributed by atoms with Crippen LogP contribution in [0.15, 0.2) is 85.1 Å². The van der Waals surface area contributed by atoms with E-state index in [2.05, 4.69) is 30.7 Å². The van der Waals surface area contributed by atoms with E-state index in [0.29, 0.717) is 67.3 Å². The van der Waals surface area contributed by atoms with Crippen LogP contribution < -0.4 is 20.9 Å². The molecule has 13 nitrogen and oxygen atoms in total. The lowest BCUT2D eigenvalue weighted by molar-refractivity contribution is -0.137. The van der Waals surface area contributed by atoms with Crippen LogP contribution in [0.1, 0.15) is 85.4 Å². The number of hydrogen-bond acceptors (Lipinski definition) is 10. The molecule has 3 N–H and O–H groups in total. The summed E-state index contributed by atoms with van der Waals surface area (Å²) in [5.74, 6) is -0.832. The summed E-state index contributed by atoms with van der Waals surface area (Å²) in [6, 6.07) is 20.9. The quantitative estimate of drug-likeness (QED) is 0.0659. The third-order valence-electron chi connectivity index (χ3n) is 11.0. The average Bonchev–Trinajstić information content (AvgIpc) is 3.28. The number of carbonyl (C=O) groups excluding carboxylic acids is 3.